The lowest BCUT2D eigenvalue weighted by molar-refractivity contribution is -0.131. The molecule has 1 amide bonds. The van der Waals surface area contributed by atoms with E-state index in [4.69, 9.17) is 4.52 Å². The molecule has 0 bridgehead atoms. The molecule has 0 radical (unpaired) electrons. The first-order valence-electron chi connectivity index (χ1n) is 9.79. The summed E-state index contributed by atoms with van der Waals surface area (Å²) >= 11 is 0. The molecule has 6 nitrogen and oxygen atoms in total. The lowest BCUT2D eigenvalue weighted by Crippen LogP contribution is -2.38. The van der Waals surface area contributed by atoms with Gasteiger partial charge in [-0.25, -0.2) is 0 Å². The molecule has 0 unspecified atom stereocenters. The van der Waals surface area contributed by atoms with Crippen molar-refractivity contribution in [3.8, 4) is 0 Å². The van der Waals surface area contributed by atoms with Crippen molar-refractivity contribution in [2.24, 2.45) is 5.92 Å². The standard InChI is InChI=1S/C21H30N4O2/c1-15(2)13-16-5-7-17(8-6-16)14-19(26)25-11-9-18(10-12-25)20-22-21(23-27-20)24(3)4/h5-8,15,18H,9-14H2,1-4H3. The van der Waals surface area contributed by atoms with Gasteiger partial charge in [0.2, 0.25) is 11.8 Å². The summed E-state index contributed by atoms with van der Waals surface area (Å²) in [4.78, 5) is 20.9. The predicted octanol–water partition coefficient (Wildman–Crippen LogP) is 3.28. The van der Waals surface area contributed by atoms with Crippen LogP contribution in [0.15, 0.2) is 28.8 Å². The Morgan fingerprint density at radius 3 is 2.37 bits per heavy atom. The SMILES string of the molecule is CC(C)Cc1ccc(CC(=O)N2CCC(c3nc(N(C)C)no3)CC2)cc1. The summed E-state index contributed by atoms with van der Waals surface area (Å²) in [6, 6.07) is 8.46. The molecule has 0 spiro atoms. The van der Waals surface area contributed by atoms with Crippen LogP contribution in [-0.2, 0) is 17.6 Å². The molecule has 6 heteroatoms. The second-order valence-corrected chi connectivity index (χ2v) is 8.07. The smallest absolute Gasteiger partial charge is 0.265 e. The molecule has 27 heavy (non-hydrogen) atoms. The van der Waals surface area contributed by atoms with E-state index in [0.29, 0.717) is 24.2 Å². The number of aromatic nitrogens is 2. The quantitative estimate of drug-likeness (QED) is 0.781. The van der Waals surface area contributed by atoms with Gasteiger partial charge in [-0.05, 0) is 41.5 Å². The van der Waals surface area contributed by atoms with Gasteiger partial charge >= 0.3 is 0 Å². The monoisotopic (exact) mass is 370 g/mol. The number of benzene rings is 1. The molecule has 0 saturated carbocycles. The summed E-state index contributed by atoms with van der Waals surface area (Å²) in [5.41, 5.74) is 2.42. The number of hydrogen-bond acceptors (Lipinski definition) is 5. The Hall–Kier alpha value is -2.37. The molecular formula is C21H30N4O2. The van der Waals surface area contributed by atoms with Crippen LogP contribution in [0.5, 0.6) is 0 Å². The van der Waals surface area contributed by atoms with Gasteiger partial charge < -0.3 is 14.3 Å². The van der Waals surface area contributed by atoms with E-state index in [1.807, 2.05) is 23.9 Å². The van der Waals surface area contributed by atoms with Crippen molar-refractivity contribution in [2.75, 3.05) is 32.1 Å². The molecule has 2 heterocycles. The number of piperidine rings is 1. The first kappa shape index (κ1) is 19.4. The Labute approximate surface area is 161 Å². The maximum Gasteiger partial charge on any atom is 0.265 e. The second-order valence-electron chi connectivity index (χ2n) is 8.07. The molecule has 1 saturated heterocycles. The van der Waals surface area contributed by atoms with E-state index < -0.39 is 0 Å². The average molecular weight is 370 g/mol. The minimum absolute atomic E-state index is 0.199. The van der Waals surface area contributed by atoms with E-state index in [-0.39, 0.29) is 11.8 Å². The van der Waals surface area contributed by atoms with Crippen molar-refractivity contribution in [3.63, 3.8) is 0 Å². The van der Waals surface area contributed by atoms with Crippen LogP contribution in [0.1, 0.15) is 49.6 Å². The average Bonchev–Trinajstić information content (AvgIpc) is 3.13. The first-order chi connectivity index (χ1) is 12.9. The number of amides is 1. The van der Waals surface area contributed by atoms with E-state index in [0.717, 1.165) is 37.9 Å². The van der Waals surface area contributed by atoms with Crippen LogP contribution >= 0.6 is 0 Å². The minimum Gasteiger partial charge on any atom is -0.344 e. The Kier molecular flexibility index (Phi) is 6.14. The van der Waals surface area contributed by atoms with Gasteiger partial charge in [0.25, 0.3) is 5.95 Å². The fourth-order valence-electron chi connectivity index (χ4n) is 3.50. The zero-order chi connectivity index (χ0) is 19.4. The molecule has 146 valence electrons. The number of anilines is 1. The number of hydrogen-bond donors (Lipinski definition) is 0. The molecule has 0 N–H and O–H groups in total. The first-order valence-corrected chi connectivity index (χ1v) is 9.79. The minimum atomic E-state index is 0.199. The van der Waals surface area contributed by atoms with E-state index in [2.05, 4.69) is 48.3 Å². The van der Waals surface area contributed by atoms with E-state index in [1.54, 1.807) is 0 Å². The van der Waals surface area contributed by atoms with Gasteiger partial charge in [0.1, 0.15) is 0 Å². The molecule has 1 aliphatic rings. The van der Waals surface area contributed by atoms with Crippen molar-refractivity contribution in [2.45, 2.75) is 45.4 Å². The van der Waals surface area contributed by atoms with Crippen molar-refractivity contribution < 1.29 is 9.32 Å². The van der Waals surface area contributed by atoms with Crippen LogP contribution in [-0.4, -0.2) is 48.1 Å². The van der Waals surface area contributed by atoms with Gasteiger partial charge in [0.15, 0.2) is 0 Å². The van der Waals surface area contributed by atoms with Gasteiger partial charge in [-0.2, -0.15) is 4.98 Å². The van der Waals surface area contributed by atoms with Gasteiger partial charge in [0.05, 0.1) is 6.42 Å². The van der Waals surface area contributed by atoms with Gasteiger partial charge in [-0.3, -0.25) is 4.79 Å². The van der Waals surface area contributed by atoms with Crippen LogP contribution in [0, 0.1) is 5.92 Å². The predicted molar refractivity (Wildman–Crippen MR) is 106 cm³/mol. The number of carbonyl (C=O) groups is 1. The Balaban J connectivity index is 1.50. The molecule has 1 fully saturated rings. The summed E-state index contributed by atoms with van der Waals surface area (Å²) in [5, 5.41) is 3.98. The summed E-state index contributed by atoms with van der Waals surface area (Å²) in [6.07, 6.45) is 3.28. The molecule has 2 aromatic rings. The summed E-state index contributed by atoms with van der Waals surface area (Å²) in [6.45, 7) is 5.93. The highest BCUT2D eigenvalue weighted by atomic mass is 16.5. The largest absolute Gasteiger partial charge is 0.344 e. The van der Waals surface area contributed by atoms with E-state index >= 15 is 0 Å². The number of carbonyl (C=O) groups excluding carboxylic acids is 1. The fraction of sp³-hybridized carbons (Fsp3) is 0.571. The third-order valence-electron chi connectivity index (χ3n) is 5.05. The zero-order valence-electron chi connectivity index (χ0n) is 16.8. The Bertz CT molecular complexity index is 744. The van der Waals surface area contributed by atoms with Crippen molar-refractivity contribution in [3.05, 3.63) is 41.3 Å². The Morgan fingerprint density at radius 2 is 1.81 bits per heavy atom. The lowest BCUT2D eigenvalue weighted by atomic mass is 9.96. The van der Waals surface area contributed by atoms with Crippen molar-refractivity contribution in [1.29, 1.82) is 0 Å². The molecule has 0 atom stereocenters. The molecular weight excluding hydrogens is 340 g/mol. The van der Waals surface area contributed by atoms with Crippen molar-refractivity contribution in [1.82, 2.24) is 15.0 Å². The summed E-state index contributed by atoms with van der Waals surface area (Å²) < 4.78 is 5.39. The number of nitrogens with zero attached hydrogens (tertiary/aromatic N) is 4. The summed E-state index contributed by atoms with van der Waals surface area (Å²) in [5.74, 6) is 2.37. The van der Waals surface area contributed by atoms with Gasteiger partial charge in [-0.1, -0.05) is 38.1 Å². The van der Waals surface area contributed by atoms with Crippen LogP contribution in [0.3, 0.4) is 0 Å². The normalized spacial score (nSPS) is 15.4. The Morgan fingerprint density at radius 1 is 1.19 bits per heavy atom. The highest BCUT2D eigenvalue weighted by Gasteiger charge is 2.27. The van der Waals surface area contributed by atoms with Crippen LogP contribution < -0.4 is 4.90 Å². The van der Waals surface area contributed by atoms with Crippen LogP contribution in [0.2, 0.25) is 0 Å². The van der Waals surface area contributed by atoms with Crippen LogP contribution in [0.25, 0.3) is 0 Å². The highest BCUT2D eigenvalue weighted by molar-refractivity contribution is 5.78. The molecule has 1 aliphatic heterocycles. The fourth-order valence-corrected chi connectivity index (χ4v) is 3.50. The molecule has 1 aromatic carbocycles. The lowest BCUT2D eigenvalue weighted by Gasteiger charge is -2.30. The van der Waals surface area contributed by atoms with Crippen LogP contribution in [0.4, 0.5) is 5.95 Å². The maximum absolute atomic E-state index is 12.6. The summed E-state index contributed by atoms with van der Waals surface area (Å²) in [7, 11) is 3.79. The molecule has 0 aliphatic carbocycles. The zero-order valence-corrected chi connectivity index (χ0v) is 16.8. The number of likely N-dealkylation sites (tertiary alicyclic amines) is 1. The number of rotatable bonds is 6. The molecule has 3 rings (SSSR count). The van der Waals surface area contributed by atoms with Gasteiger partial charge in [-0.15, -0.1) is 0 Å². The second kappa shape index (κ2) is 8.55. The third-order valence-corrected chi connectivity index (χ3v) is 5.05. The third kappa shape index (κ3) is 5.08. The maximum atomic E-state index is 12.6. The molecule has 1 aromatic heterocycles. The van der Waals surface area contributed by atoms with E-state index in [1.165, 1.54) is 5.56 Å². The van der Waals surface area contributed by atoms with E-state index in [9.17, 15) is 4.79 Å². The highest BCUT2D eigenvalue weighted by Crippen LogP contribution is 2.28. The topological polar surface area (TPSA) is 62.5 Å². The van der Waals surface area contributed by atoms with Crippen molar-refractivity contribution >= 4 is 11.9 Å². The van der Waals surface area contributed by atoms with Gasteiger partial charge in [0, 0.05) is 33.1 Å².